The Morgan fingerprint density at radius 2 is 1.24 bits per heavy atom. The molecule has 0 aliphatic rings. The Morgan fingerprint density at radius 3 is 1.78 bits per heavy atom. The van der Waals surface area contributed by atoms with E-state index < -0.39 is 0 Å². The average Bonchev–Trinajstić information content (AvgIpc) is 2.82. The van der Waals surface area contributed by atoms with Gasteiger partial charge in [-0.3, -0.25) is 14.4 Å². The Morgan fingerprint density at radius 1 is 0.659 bits per heavy atom. The molecule has 3 aromatic rings. The molecular formula is C35H51N3O3. The summed E-state index contributed by atoms with van der Waals surface area (Å²) in [6, 6.07) is 4.00. The molecule has 0 atom stereocenters. The molecule has 3 aromatic heterocycles. The molecule has 6 nitrogen and oxygen atoms in total. The Bertz CT molecular complexity index is 1630. The summed E-state index contributed by atoms with van der Waals surface area (Å²) in [5.41, 5.74) is 7.00. The van der Waals surface area contributed by atoms with Crippen molar-refractivity contribution in [3.8, 4) is 0 Å². The zero-order valence-electron chi connectivity index (χ0n) is 27.7. The minimum Gasteiger partial charge on any atom is -0.318 e. The molecular weight excluding hydrogens is 510 g/mol. The molecule has 0 bridgehead atoms. The molecule has 0 saturated heterocycles. The van der Waals surface area contributed by atoms with Crippen LogP contribution in [-0.2, 0) is 49.2 Å². The molecule has 0 unspecified atom stereocenters. The molecule has 0 radical (unpaired) electrons. The van der Waals surface area contributed by atoms with E-state index in [0.717, 1.165) is 39.1 Å². The van der Waals surface area contributed by atoms with E-state index in [2.05, 4.69) is 62.3 Å². The lowest BCUT2D eigenvalue weighted by Crippen LogP contribution is -2.33. The summed E-state index contributed by atoms with van der Waals surface area (Å²) >= 11 is 0. The molecule has 0 N–H and O–H groups in total. The van der Waals surface area contributed by atoms with E-state index >= 15 is 0 Å². The van der Waals surface area contributed by atoms with Crippen LogP contribution in [0.5, 0.6) is 0 Å². The maximum Gasteiger partial charge on any atom is 0.254 e. The van der Waals surface area contributed by atoms with E-state index in [4.69, 9.17) is 0 Å². The SMILES string of the molecule is Cc1c(C(C)(C)C)cn(CCc2cc(C(C)(C)C)cn(C)c2=O)c(=O)c1CCn1c(C)c(C(C)(C)C)cc(C)c1=O. The first-order valence-corrected chi connectivity index (χ1v) is 14.8. The van der Waals surface area contributed by atoms with Gasteiger partial charge in [-0.05, 0) is 84.2 Å². The van der Waals surface area contributed by atoms with Gasteiger partial charge in [-0.25, -0.2) is 0 Å². The Hall–Kier alpha value is -3.15. The van der Waals surface area contributed by atoms with Crippen LogP contribution in [-0.4, -0.2) is 13.7 Å². The van der Waals surface area contributed by atoms with Crippen molar-refractivity contribution in [3.63, 3.8) is 0 Å². The van der Waals surface area contributed by atoms with E-state index in [1.54, 1.807) is 16.2 Å². The van der Waals surface area contributed by atoms with Gasteiger partial charge in [0.1, 0.15) is 0 Å². The Balaban J connectivity index is 2.08. The van der Waals surface area contributed by atoms with Gasteiger partial charge in [0.25, 0.3) is 16.7 Å². The van der Waals surface area contributed by atoms with Crippen LogP contribution in [0.25, 0.3) is 0 Å². The quantitative estimate of drug-likeness (QED) is 0.370. The summed E-state index contributed by atoms with van der Waals surface area (Å²) in [5, 5.41) is 0. The number of aryl methyl sites for hydroxylation is 4. The van der Waals surface area contributed by atoms with Gasteiger partial charge in [-0.1, -0.05) is 62.3 Å². The molecule has 41 heavy (non-hydrogen) atoms. The van der Waals surface area contributed by atoms with E-state index in [1.807, 2.05) is 49.9 Å². The number of nitrogens with zero attached hydrogens (tertiary/aromatic N) is 3. The standard InChI is InChI=1S/C35H51N3O3/c1-22-18-28(34(7,8)9)24(3)38(30(22)39)17-15-27-23(2)29(35(10,11)12)21-37(32(27)41)16-14-25-19-26(33(4,5)6)20-36(13)31(25)40/h18-21H,14-17H2,1-13H3. The first-order valence-electron chi connectivity index (χ1n) is 14.8. The third-order valence-corrected chi connectivity index (χ3v) is 8.35. The van der Waals surface area contributed by atoms with Crippen LogP contribution in [0.4, 0.5) is 0 Å². The minimum atomic E-state index is -0.175. The molecule has 3 rings (SSSR count). The monoisotopic (exact) mass is 561 g/mol. The zero-order valence-corrected chi connectivity index (χ0v) is 27.7. The van der Waals surface area contributed by atoms with Crippen LogP contribution in [0.1, 0.15) is 107 Å². The molecule has 224 valence electrons. The fourth-order valence-electron chi connectivity index (χ4n) is 5.78. The van der Waals surface area contributed by atoms with Crippen molar-refractivity contribution >= 4 is 0 Å². The molecule has 3 heterocycles. The summed E-state index contributed by atoms with van der Waals surface area (Å²) in [4.78, 5) is 40.2. The van der Waals surface area contributed by atoms with Crippen LogP contribution in [0.15, 0.2) is 38.9 Å². The number of rotatable bonds is 6. The fourth-order valence-corrected chi connectivity index (χ4v) is 5.78. The van der Waals surface area contributed by atoms with Crippen molar-refractivity contribution in [2.75, 3.05) is 0 Å². The molecule has 0 amide bonds. The third kappa shape index (κ3) is 6.85. The van der Waals surface area contributed by atoms with Crippen LogP contribution in [0.3, 0.4) is 0 Å². The van der Waals surface area contributed by atoms with Crippen molar-refractivity contribution in [1.82, 2.24) is 13.7 Å². The molecule has 6 heteroatoms. The fraction of sp³-hybridized carbons (Fsp3) is 0.571. The molecule has 0 spiro atoms. The number of hydrogen-bond acceptors (Lipinski definition) is 3. The summed E-state index contributed by atoms with van der Waals surface area (Å²) in [6.07, 6.45) is 4.80. The number of aromatic nitrogens is 3. The van der Waals surface area contributed by atoms with Crippen molar-refractivity contribution in [2.45, 2.75) is 125 Å². The second-order valence-electron chi connectivity index (χ2n) is 14.8. The van der Waals surface area contributed by atoms with E-state index in [0.29, 0.717) is 31.5 Å². The molecule has 0 fully saturated rings. The number of hydrogen-bond donors (Lipinski definition) is 0. The Labute approximate surface area is 246 Å². The summed E-state index contributed by atoms with van der Waals surface area (Å²) in [5.74, 6) is 0. The highest BCUT2D eigenvalue weighted by atomic mass is 16.1. The van der Waals surface area contributed by atoms with E-state index in [1.165, 1.54) is 0 Å². The van der Waals surface area contributed by atoms with Gasteiger partial charge in [-0.15, -0.1) is 0 Å². The highest BCUT2D eigenvalue weighted by Gasteiger charge is 2.24. The van der Waals surface area contributed by atoms with Gasteiger partial charge in [0.2, 0.25) is 0 Å². The van der Waals surface area contributed by atoms with Crippen LogP contribution in [0.2, 0.25) is 0 Å². The molecule has 0 aliphatic heterocycles. The maximum absolute atomic E-state index is 13.9. The van der Waals surface area contributed by atoms with Crippen LogP contribution >= 0.6 is 0 Å². The second-order valence-corrected chi connectivity index (χ2v) is 14.8. The number of pyridine rings is 3. The lowest BCUT2D eigenvalue weighted by atomic mass is 9.83. The van der Waals surface area contributed by atoms with Gasteiger partial charge in [0.15, 0.2) is 0 Å². The lowest BCUT2D eigenvalue weighted by molar-refractivity contribution is 0.543. The van der Waals surface area contributed by atoms with E-state index in [-0.39, 0.29) is 32.9 Å². The van der Waals surface area contributed by atoms with E-state index in [9.17, 15) is 14.4 Å². The van der Waals surface area contributed by atoms with Gasteiger partial charge < -0.3 is 13.7 Å². The molecule has 0 saturated carbocycles. The minimum absolute atomic E-state index is 0.00460. The van der Waals surface area contributed by atoms with Gasteiger partial charge in [0.05, 0.1) is 0 Å². The largest absolute Gasteiger partial charge is 0.318 e. The van der Waals surface area contributed by atoms with Gasteiger partial charge in [-0.2, -0.15) is 0 Å². The summed E-state index contributed by atoms with van der Waals surface area (Å²) < 4.78 is 5.26. The topological polar surface area (TPSA) is 66.0 Å². The van der Waals surface area contributed by atoms with Crippen molar-refractivity contribution < 1.29 is 0 Å². The van der Waals surface area contributed by atoms with Crippen LogP contribution < -0.4 is 16.7 Å². The maximum atomic E-state index is 13.9. The van der Waals surface area contributed by atoms with Crippen molar-refractivity contribution in [2.24, 2.45) is 7.05 Å². The van der Waals surface area contributed by atoms with Gasteiger partial charge in [0, 0.05) is 54.9 Å². The molecule has 0 aliphatic carbocycles. The summed E-state index contributed by atoms with van der Waals surface area (Å²) in [6.45, 7) is 26.1. The highest BCUT2D eigenvalue weighted by Crippen LogP contribution is 2.28. The molecule has 0 aromatic carbocycles. The van der Waals surface area contributed by atoms with Gasteiger partial charge >= 0.3 is 0 Å². The normalized spacial score (nSPS) is 12.7. The van der Waals surface area contributed by atoms with Crippen molar-refractivity contribution in [3.05, 3.63) is 100 Å². The Kier molecular flexibility index (Phi) is 8.89. The highest BCUT2D eigenvalue weighted by molar-refractivity contribution is 5.37. The second kappa shape index (κ2) is 11.3. The zero-order chi connectivity index (χ0) is 31.2. The smallest absolute Gasteiger partial charge is 0.254 e. The predicted octanol–water partition coefficient (Wildman–Crippen LogP) is 6.01. The lowest BCUT2D eigenvalue weighted by Gasteiger charge is -2.26. The summed E-state index contributed by atoms with van der Waals surface area (Å²) in [7, 11) is 1.79. The average molecular weight is 562 g/mol. The first-order chi connectivity index (χ1) is 18.6. The third-order valence-electron chi connectivity index (χ3n) is 8.35. The van der Waals surface area contributed by atoms with Crippen molar-refractivity contribution in [1.29, 1.82) is 0 Å². The van der Waals surface area contributed by atoms with Crippen LogP contribution in [0, 0.1) is 20.8 Å². The predicted molar refractivity (Wildman–Crippen MR) is 171 cm³/mol. The first kappa shape index (κ1) is 32.4.